The van der Waals surface area contributed by atoms with Gasteiger partial charge >= 0.3 is 0 Å². The Balaban J connectivity index is 3.11. The molecule has 0 bridgehead atoms. The Kier molecular flexibility index (Phi) is 5.71. The first-order valence-corrected chi connectivity index (χ1v) is 6.64. The largest absolute Gasteiger partial charge is 0.375 e. The first-order valence-electron chi connectivity index (χ1n) is 6.27. The summed E-state index contributed by atoms with van der Waals surface area (Å²) in [6.45, 7) is 4.68. The number of nitro benzene ring substituents is 1. The van der Waals surface area contributed by atoms with E-state index < -0.39 is 10.7 Å². The fraction of sp³-hybridized carbons (Fsp3) is 0.538. The molecule has 1 unspecified atom stereocenters. The van der Waals surface area contributed by atoms with Crippen molar-refractivity contribution in [2.45, 2.75) is 19.9 Å². The Hall–Kier alpha value is -1.40. The minimum atomic E-state index is -0.674. The molecule has 1 atom stereocenters. The minimum Gasteiger partial charge on any atom is -0.375 e. The monoisotopic (exact) mass is 303 g/mol. The van der Waals surface area contributed by atoms with Gasteiger partial charge < -0.3 is 10.2 Å². The van der Waals surface area contributed by atoms with E-state index in [1.54, 1.807) is 0 Å². The van der Waals surface area contributed by atoms with Gasteiger partial charge in [0.1, 0.15) is 11.5 Å². The summed E-state index contributed by atoms with van der Waals surface area (Å²) in [7, 11) is 3.82. The van der Waals surface area contributed by atoms with E-state index in [-0.39, 0.29) is 28.4 Å². The van der Waals surface area contributed by atoms with Gasteiger partial charge in [-0.05, 0) is 20.0 Å². The van der Waals surface area contributed by atoms with Crippen molar-refractivity contribution in [3.8, 4) is 0 Å². The highest BCUT2D eigenvalue weighted by atomic mass is 35.5. The van der Waals surface area contributed by atoms with Gasteiger partial charge in [-0.1, -0.05) is 25.4 Å². The summed E-state index contributed by atoms with van der Waals surface area (Å²) < 4.78 is 13.5. The van der Waals surface area contributed by atoms with E-state index in [2.05, 4.69) is 5.32 Å². The number of hydrogen-bond donors (Lipinski definition) is 1. The molecule has 0 saturated carbocycles. The van der Waals surface area contributed by atoms with E-state index in [0.29, 0.717) is 6.54 Å². The number of nitrogens with one attached hydrogen (secondary N) is 1. The maximum atomic E-state index is 13.5. The fourth-order valence-corrected chi connectivity index (χ4v) is 1.98. The molecule has 20 heavy (non-hydrogen) atoms. The van der Waals surface area contributed by atoms with Crippen molar-refractivity contribution in [1.29, 1.82) is 0 Å². The smallest absolute Gasteiger partial charge is 0.294 e. The summed E-state index contributed by atoms with van der Waals surface area (Å²) in [6, 6.07) is 2.07. The summed E-state index contributed by atoms with van der Waals surface area (Å²) in [6.07, 6.45) is 0. The van der Waals surface area contributed by atoms with Crippen LogP contribution in [0.2, 0.25) is 5.02 Å². The summed E-state index contributed by atoms with van der Waals surface area (Å²) in [5.74, 6) is -0.442. The van der Waals surface area contributed by atoms with Crippen molar-refractivity contribution in [2.24, 2.45) is 5.92 Å². The van der Waals surface area contributed by atoms with Gasteiger partial charge in [0.25, 0.3) is 5.69 Å². The second-order valence-electron chi connectivity index (χ2n) is 5.30. The molecule has 1 aromatic carbocycles. The predicted molar refractivity (Wildman–Crippen MR) is 78.9 cm³/mol. The quantitative estimate of drug-likeness (QED) is 0.646. The lowest BCUT2D eigenvalue weighted by Gasteiger charge is -2.26. The first kappa shape index (κ1) is 16.7. The van der Waals surface area contributed by atoms with Gasteiger partial charge in [0.15, 0.2) is 0 Å². The number of hydrogen-bond acceptors (Lipinski definition) is 4. The number of halogens is 2. The maximum Gasteiger partial charge on any atom is 0.294 e. The Labute approximate surface area is 122 Å². The summed E-state index contributed by atoms with van der Waals surface area (Å²) >= 11 is 5.60. The van der Waals surface area contributed by atoms with Gasteiger partial charge in [0, 0.05) is 24.7 Å². The van der Waals surface area contributed by atoms with Crippen LogP contribution in [0.15, 0.2) is 12.1 Å². The molecule has 0 aliphatic rings. The lowest BCUT2D eigenvalue weighted by Crippen LogP contribution is -2.36. The molecule has 1 aromatic rings. The molecular weight excluding hydrogens is 285 g/mol. The molecule has 5 nitrogen and oxygen atoms in total. The van der Waals surface area contributed by atoms with E-state index in [0.717, 1.165) is 12.1 Å². The van der Waals surface area contributed by atoms with Gasteiger partial charge in [-0.15, -0.1) is 0 Å². The van der Waals surface area contributed by atoms with Gasteiger partial charge in [0.05, 0.1) is 9.95 Å². The molecule has 112 valence electrons. The summed E-state index contributed by atoms with van der Waals surface area (Å²) in [4.78, 5) is 12.4. The molecule has 1 rings (SSSR count). The van der Waals surface area contributed by atoms with E-state index in [1.165, 1.54) is 0 Å². The molecular formula is C13H19ClFN3O2. The summed E-state index contributed by atoms with van der Waals surface area (Å²) in [5, 5.41) is 13.8. The lowest BCUT2D eigenvalue weighted by atomic mass is 10.0. The Bertz CT molecular complexity index is 495. The van der Waals surface area contributed by atoms with Crippen LogP contribution in [-0.4, -0.2) is 36.5 Å². The molecule has 0 aliphatic carbocycles. The highest BCUT2D eigenvalue weighted by Crippen LogP contribution is 2.31. The van der Waals surface area contributed by atoms with E-state index in [1.807, 2.05) is 32.8 Å². The maximum absolute atomic E-state index is 13.5. The van der Waals surface area contributed by atoms with Crippen LogP contribution in [0.3, 0.4) is 0 Å². The van der Waals surface area contributed by atoms with Crippen LogP contribution in [0.5, 0.6) is 0 Å². The molecule has 0 spiro atoms. The normalized spacial score (nSPS) is 12.8. The number of nitro groups is 1. The first-order chi connectivity index (χ1) is 9.22. The van der Waals surface area contributed by atoms with Gasteiger partial charge in [0.2, 0.25) is 0 Å². The molecule has 0 aromatic heterocycles. The fourth-order valence-electron chi connectivity index (χ4n) is 1.82. The highest BCUT2D eigenvalue weighted by Gasteiger charge is 2.22. The number of benzene rings is 1. The van der Waals surface area contributed by atoms with Crippen molar-refractivity contribution in [3.63, 3.8) is 0 Å². The lowest BCUT2D eigenvalue weighted by molar-refractivity contribution is -0.384. The zero-order chi connectivity index (χ0) is 15.4. The third-order valence-electron chi connectivity index (χ3n) is 2.94. The Morgan fingerprint density at radius 3 is 2.50 bits per heavy atom. The van der Waals surface area contributed by atoms with Gasteiger partial charge in [-0.2, -0.15) is 0 Å². The minimum absolute atomic E-state index is 0.0377. The van der Waals surface area contributed by atoms with Crippen LogP contribution in [0, 0.1) is 21.8 Å². The topological polar surface area (TPSA) is 58.4 Å². The highest BCUT2D eigenvalue weighted by molar-refractivity contribution is 6.31. The van der Waals surface area contributed by atoms with E-state index in [9.17, 15) is 14.5 Å². The van der Waals surface area contributed by atoms with Crippen LogP contribution in [0.1, 0.15) is 13.8 Å². The predicted octanol–water partition coefficient (Wildman–Crippen LogP) is 3.39. The van der Waals surface area contributed by atoms with Crippen molar-refractivity contribution in [2.75, 3.05) is 26.0 Å². The van der Waals surface area contributed by atoms with Crippen LogP contribution in [0.25, 0.3) is 0 Å². The Morgan fingerprint density at radius 1 is 1.45 bits per heavy atom. The SMILES string of the molecule is CC(C)C(CN(C)C)Nc1cc(F)c(Cl)cc1[N+](=O)[O-]. The molecule has 7 heteroatoms. The van der Waals surface area contributed by atoms with Crippen LogP contribution >= 0.6 is 11.6 Å². The molecule has 0 heterocycles. The standard InChI is InChI=1S/C13H19ClFN3O2/c1-8(2)12(7-17(3)4)16-11-6-10(15)9(14)5-13(11)18(19)20/h5-6,8,12,16H,7H2,1-4H3. The number of anilines is 1. The van der Waals surface area contributed by atoms with Crippen molar-refractivity contribution in [3.05, 3.63) is 33.1 Å². The molecule has 0 radical (unpaired) electrons. The van der Waals surface area contributed by atoms with Crippen LogP contribution in [0.4, 0.5) is 15.8 Å². The summed E-state index contributed by atoms with van der Waals surface area (Å²) in [5.41, 5.74) is -0.0711. The van der Waals surface area contributed by atoms with Crippen LogP contribution < -0.4 is 5.32 Å². The van der Waals surface area contributed by atoms with Crippen molar-refractivity contribution < 1.29 is 9.31 Å². The average molecular weight is 304 g/mol. The molecule has 0 aliphatic heterocycles. The van der Waals surface area contributed by atoms with Crippen molar-refractivity contribution >= 4 is 23.0 Å². The number of nitrogens with zero attached hydrogens (tertiary/aromatic N) is 2. The molecule has 0 amide bonds. The number of rotatable bonds is 6. The molecule has 0 saturated heterocycles. The number of likely N-dealkylation sites (N-methyl/N-ethyl adjacent to an activating group) is 1. The average Bonchev–Trinajstić information content (AvgIpc) is 2.31. The second-order valence-corrected chi connectivity index (χ2v) is 5.70. The molecule has 1 N–H and O–H groups in total. The van der Waals surface area contributed by atoms with Gasteiger partial charge in [-0.3, -0.25) is 10.1 Å². The van der Waals surface area contributed by atoms with Crippen LogP contribution in [-0.2, 0) is 0 Å². The third kappa shape index (κ3) is 4.31. The van der Waals surface area contributed by atoms with E-state index in [4.69, 9.17) is 11.6 Å². The molecule has 0 fully saturated rings. The zero-order valence-corrected chi connectivity index (χ0v) is 12.7. The van der Waals surface area contributed by atoms with Crippen molar-refractivity contribution in [1.82, 2.24) is 4.90 Å². The second kappa shape index (κ2) is 6.85. The Morgan fingerprint density at radius 2 is 2.05 bits per heavy atom. The third-order valence-corrected chi connectivity index (χ3v) is 3.23. The van der Waals surface area contributed by atoms with E-state index >= 15 is 0 Å². The van der Waals surface area contributed by atoms with Gasteiger partial charge in [-0.25, -0.2) is 4.39 Å². The zero-order valence-electron chi connectivity index (χ0n) is 12.0.